The highest BCUT2D eigenvalue weighted by Crippen LogP contribution is 2.29. The van der Waals surface area contributed by atoms with Gasteiger partial charge in [-0.3, -0.25) is 0 Å². The minimum absolute atomic E-state index is 0.153. The molecule has 1 fully saturated rings. The number of rotatable bonds is 8. The van der Waals surface area contributed by atoms with E-state index in [4.69, 9.17) is 9.47 Å². The predicted octanol–water partition coefficient (Wildman–Crippen LogP) is 2.95. The molecule has 2 aromatic rings. The third kappa shape index (κ3) is 5.11. The van der Waals surface area contributed by atoms with Gasteiger partial charge in [-0.25, -0.2) is 14.6 Å². The second-order valence-corrected chi connectivity index (χ2v) is 8.25. The Morgan fingerprint density at radius 3 is 2.94 bits per heavy atom. The number of hydrogen-bond donors (Lipinski definition) is 2. The number of nitrogens with one attached hydrogen (secondary N) is 2. The molecule has 1 atom stereocenters. The van der Waals surface area contributed by atoms with Gasteiger partial charge in [0.15, 0.2) is 5.16 Å². The molecule has 4 rings (SSSR count). The summed E-state index contributed by atoms with van der Waals surface area (Å²) in [5.74, 6) is -0.0171. The van der Waals surface area contributed by atoms with Crippen molar-refractivity contribution < 1.29 is 19.1 Å². The van der Waals surface area contributed by atoms with Gasteiger partial charge in [0, 0.05) is 18.1 Å². The number of carbonyl (C=O) groups is 2. The molecule has 3 heterocycles. The number of esters is 1. The number of ether oxygens (including phenoxy) is 2. The van der Waals surface area contributed by atoms with Crippen molar-refractivity contribution in [1.29, 1.82) is 0 Å². The van der Waals surface area contributed by atoms with Crippen LogP contribution in [0.5, 0.6) is 0 Å². The Kier molecular flexibility index (Phi) is 6.93. The third-order valence-corrected chi connectivity index (χ3v) is 6.24. The van der Waals surface area contributed by atoms with E-state index >= 15 is 0 Å². The van der Waals surface area contributed by atoms with E-state index in [2.05, 4.69) is 32.3 Å². The van der Waals surface area contributed by atoms with E-state index in [9.17, 15) is 9.59 Å². The summed E-state index contributed by atoms with van der Waals surface area (Å²) < 4.78 is 13.2. The molecule has 2 aliphatic rings. The fraction of sp³-hybridized carbons (Fsp3) is 0.409. The van der Waals surface area contributed by atoms with Gasteiger partial charge in [-0.15, -0.1) is 0 Å². The Morgan fingerprint density at radius 2 is 2.19 bits per heavy atom. The topological polar surface area (TPSA) is 94.5 Å². The fourth-order valence-corrected chi connectivity index (χ4v) is 4.66. The van der Waals surface area contributed by atoms with E-state index in [1.54, 1.807) is 6.92 Å². The molecule has 164 valence electrons. The number of hydrogen-bond acceptors (Lipinski definition) is 6. The van der Waals surface area contributed by atoms with E-state index in [0.717, 1.165) is 35.9 Å². The van der Waals surface area contributed by atoms with Crippen LogP contribution < -0.4 is 10.6 Å². The van der Waals surface area contributed by atoms with Gasteiger partial charge in [0.05, 0.1) is 43.3 Å². The lowest BCUT2D eigenvalue weighted by Gasteiger charge is -2.21. The van der Waals surface area contributed by atoms with Gasteiger partial charge in [0.2, 0.25) is 0 Å². The van der Waals surface area contributed by atoms with E-state index in [1.165, 1.54) is 11.8 Å². The Bertz CT molecular complexity index is 967. The van der Waals surface area contributed by atoms with E-state index in [-0.39, 0.29) is 25.3 Å². The quantitative estimate of drug-likeness (QED) is 0.482. The molecule has 0 aliphatic carbocycles. The SMILES string of the molecule is CCOC(=O)C1=C(CSc2ncc(-c3ccccc3)n2CC2CCCO2)NC(=O)NC1. The number of benzene rings is 1. The second-order valence-electron chi connectivity index (χ2n) is 7.31. The van der Waals surface area contributed by atoms with Gasteiger partial charge in [0.1, 0.15) is 0 Å². The molecule has 1 aromatic carbocycles. The first-order valence-corrected chi connectivity index (χ1v) is 11.4. The van der Waals surface area contributed by atoms with Crippen molar-refractivity contribution in [2.45, 2.75) is 37.6 Å². The zero-order valence-corrected chi connectivity index (χ0v) is 18.2. The van der Waals surface area contributed by atoms with Crippen LogP contribution in [0, 0.1) is 0 Å². The average molecular weight is 443 g/mol. The first-order chi connectivity index (χ1) is 15.2. The summed E-state index contributed by atoms with van der Waals surface area (Å²) >= 11 is 1.48. The largest absolute Gasteiger partial charge is 0.463 e. The molecule has 2 amide bonds. The first-order valence-electron chi connectivity index (χ1n) is 10.4. The summed E-state index contributed by atoms with van der Waals surface area (Å²) in [5, 5.41) is 6.20. The van der Waals surface area contributed by atoms with Crippen molar-refractivity contribution in [1.82, 2.24) is 20.2 Å². The average Bonchev–Trinajstić information content (AvgIpc) is 3.43. The minimum atomic E-state index is -0.418. The second kappa shape index (κ2) is 10.0. The van der Waals surface area contributed by atoms with E-state index in [1.807, 2.05) is 24.4 Å². The first kappa shape index (κ1) is 21.5. The van der Waals surface area contributed by atoms with Crippen LogP contribution in [-0.4, -0.2) is 53.2 Å². The molecule has 0 radical (unpaired) electrons. The molecule has 0 bridgehead atoms. The summed E-state index contributed by atoms with van der Waals surface area (Å²) in [4.78, 5) is 28.8. The molecule has 1 unspecified atom stereocenters. The zero-order chi connectivity index (χ0) is 21.6. The molecule has 1 saturated heterocycles. The Hall–Kier alpha value is -2.78. The zero-order valence-electron chi connectivity index (χ0n) is 17.4. The number of carbonyl (C=O) groups excluding carboxylic acids is 2. The van der Waals surface area contributed by atoms with Gasteiger partial charge < -0.3 is 24.7 Å². The maximum absolute atomic E-state index is 12.3. The highest BCUT2D eigenvalue weighted by atomic mass is 32.2. The van der Waals surface area contributed by atoms with Crippen LogP contribution in [0.1, 0.15) is 19.8 Å². The molecule has 1 aromatic heterocycles. The summed E-state index contributed by atoms with van der Waals surface area (Å²) in [6.07, 6.45) is 4.12. The number of imidazole rings is 1. The lowest BCUT2D eigenvalue weighted by atomic mass is 10.1. The highest BCUT2D eigenvalue weighted by Gasteiger charge is 2.25. The van der Waals surface area contributed by atoms with Crippen LogP contribution in [0.4, 0.5) is 4.79 Å². The standard InChI is InChI=1S/C22H26N4O4S/c1-2-29-20(27)17-11-23-21(28)25-18(17)14-31-22-24-12-19(15-7-4-3-5-8-15)26(22)13-16-9-6-10-30-16/h3-5,7-8,12,16H,2,6,9-11,13-14H2,1H3,(H2,23,25,28). The fourth-order valence-electron chi connectivity index (χ4n) is 3.69. The van der Waals surface area contributed by atoms with Gasteiger partial charge >= 0.3 is 12.0 Å². The summed E-state index contributed by atoms with van der Waals surface area (Å²) in [7, 11) is 0. The van der Waals surface area contributed by atoms with Gasteiger partial charge in [-0.2, -0.15) is 0 Å². The van der Waals surface area contributed by atoms with E-state index in [0.29, 0.717) is 23.6 Å². The molecule has 9 heteroatoms. The predicted molar refractivity (Wildman–Crippen MR) is 118 cm³/mol. The van der Waals surface area contributed by atoms with Crippen LogP contribution in [0.25, 0.3) is 11.3 Å². The molecule has 8 nitrogen and oxygen atoms in total. The number of urea groups is 1. The molecular weight excluding hydrogens is 416 g/mol. The van der Waals surface area contributed by atoms with Crippen molar-refractivity contribution in [3.8, 4) is 11.3 Å². The summed E-state index contributed by atoms with van der Waals surface area (Å²) in [6, 6.07) is 9.80. The Labute approximate surface area is 185 Å². The van der Waals surface area contributed by atoms with Crippen molar-refractivity contribution in [2.24, 2.45) is 0 Å². The number of amides is 2. The third-order valence-electron chi connectivity index (χ3n) is 5.22. The monoisotopic (exact) mass is 442 g/mol. The lowest BCUT2D eigenvalue weighted by molar-refractivity contribution is -0.138. The molecule has 0 saturated carbocycles. The van der Waals surface area contributed by atoms with Crippen molar-refractivity contribution in [3.05, 3.63) is 47.8 Å². The molecule has 0 spiro atoms. The van der Waals surface area contributed by atoms with Gasteiger partial charge in [-0.05, 0) is 25.3 Å². The normalized spacial score (nSPS) is 18.6. The van der Waals surface area contributed by atoms with Crippen LogP contribution in [-0.2, 0) is 20.8 Å². The minimum Gasteiger partial charge on any atom is -0.463 e. The molecule has 31 heavy (non-hydrogen) atoms. The molecule has 2 aliphatic heterocycles. The maximum Gasteiger partial charge on any atom is 0.337 e. The summed E-state index contributed by atoms with van der Waals surface area (Å²) in [5.41, 5.74) is 3.10. The van der Waals surface area contributed by atoms with Crippen molar-refractivity contribution in [3.63, 3.8) is 0 Å². The summed E-state index contributed by atoms with van der Waals surface area (Å²) in [6.45, 7) is 3.69. The van der Waals surface area contributed by atoms with Crippen LogP contribution in [0.2, 0.25) is 0 Å². The van der Waals surface area contributed by atoms with Crippen molar-refractivity contribution >= 4 is 23.8 Å². The highest BCUT2D eigenvalue weighted by molar-refractivity contribution is 7.99. The van der Waals surface area contributed by atoms with Gasteiger partial charge in [0.25, 0.3) is 0 Å². The maximum atomic E-state index is 12.3. The number of nitrogens with zero attached hydrogens (tertiary/aromatic N) is 2. The van der Waals surface area contributed by atoms with Crippen LogP contribution in [0.15, 0.2) is 53.0 Å². The van der Waals surface area contributed by atoms with E-state index < -0.39 is 5.97 Å². The van der Waals surface area contributed by atoms with Crippen molar-refractivity contribution in [2.75, 3.05) is 25.5 Å². The Balaban J connectivity index is 1.59. The Morgan fingerprint density at radius 1 is 1.35 bits per heavy atom. The smallest absolute Gasteiger partial charge is 0.337 e. The molecular formula is C22H26N4O4S. The van der Waals surface area contributed by atoms with Crippen LogP contribution >= 0.6 is 11.8 Å². The van der Waals surface area contributed by atoms with Gasteiger partial charge in [-0.1, -0.05) is 42.1 Å². The molecule has 2 N–H and O–H groups in total. The van der Waals surface area contributed by atoms with Crippen LogP contribution in [0.3, 0.4) is 0 Å². The lowest BCUT2D eigenvalue weighted by Crippen LogP contribution is -2.44. The number of thioether (sulfide) groups is 1. The number of aromatic nitrogens is 2.